The highest BCUT2D eigenvalue weighted by Crippen LogP contribution is 2.15. The molecule has 1 aromatic heterocycles. The maximum Gasteiger partial charge on any atom is 0.177 e. The first-order chi connectivity index (χ1) is 3.29. The van der Waals surface area contributed by atoms with Crippen molar-refractivity contribution in [2.45, 2.75) is 0 Å². The van der Waals surface area contributed by atoms with Crippen molar-refractivity contribution < 1.29 is 4.39 Å². The molecule has 0 nitrogen and oxygen atoms in total. The second kappa shape index (κ2) is 2.09. The van der Waals surface area contributed by atoms with Gasteiger partial charge in [0.15, 0.2) is 5.13 Å². The van der Waals surface area contributed by atoms with Crippen LogP contribution < -0.4 is 0 Å². The van der Waals surface area contributed by atoms with E-state index in [1.807, 2.05) is 0 Å². The standard InChI is InChI=1S/C4H2FIS/c5-3-1-2-4(6)7-3/h1-2H. The van der Waals surface area contributed by atoms with Gasteiger partial charge >= 0.3 is 0 Å². The highest BCUT2D eigenvalue weighted by molar-refractivity contribution is 14.1. The lowest BCUT2D eigenvalue weighted by Gasteiger charge is -1.66. The highest BCUT2D eigenvalue weighted by atomic mass is 127. The van der Waals surface area contributed by atoms with Crippen LogP contribution in [-0.4, -0.2) is 0 Å². The third-order valence-electron chi connectivity index (χ3n) is 0.540. The van der Waals surface area contributed by atoms with Crippen LogP contribution in [-0.2, 0) is 0 Å². The molecule has 0 fully saturated rings. The molecule has 1 heterocycles. The molecule has 0 aliphatic carbocycles. The van der Waals surface area contributed by atoms with Gasteiger partial charge < -0.3 is 0 Å². The summed E-state index contributed by atoms with van der Waals surface area (Å²) >= 11 is 3.24. The average Bonchev–Trinajstić information content (AvgIpc) is 1.87. The molecule has 0 N–H and O–H groups in total. The van der Waals surface area contributed by atoms with E-state index in [2.05, 4.69) is 22.6 Å². The Morgan fingerprint density at radius 2 is 2.29 bits per heavy atom. The van der Waals surface area contributed by atoms with Gasteiger partial charge in [-0.2, -0.15) is 4.39 Å². The topological polar surface area (TPSA) is 0 Å². The van der Waals surface area contributed by atoms with Crippen LogP contribution in [0.4, 0.5) is 4.39 Å². The molecule has 0 aliphatic heterocycles. The van der Waals surface area contributed by atoms with Gasteiger partial charge in [0.2, 0.25) is 0 Å². The Kier molecular flexibility index (Phi) is 1.64. The van der Waals surface area contributed by atoms with Crippen LogP contribution in [0.25, 0.3) is 0 Å². The molecule has 0 aromatic carbocycles. The molecule has 3 heteroatoms. The normalized spacial score (nSPS) is 9.43. The first-order valence-corrected chi connectivity index (χ1v) is 3.59. The van der Waals surface area contributed by atoms with Crippen molar-refractivity contribution in [3.8, 4) is 0 Å². The second-order valence-corrected chi connectivity index (χ2v) is 3.97. The second-order valence-electron chi connectivity index (χ2n) is 1.04. The number of halogens is 2. The summed E-state index contributed by atoms with van der Waals surface area (Å²) < 4.78 is 12.9. The van der Waals surface area contributed by atoms with Crippen LogP contribution in [0.5, 0.6) is 0 Å². The van der Waals surface area contributed by atoms with E-state index in [4.69, 9.17) is 0 Å². The molecule has 0 radical (unpaired) electrons. The van der Waals surface area contributed by atoms with E-state index in [-0.39, 0.29) is 5.13 Å². The van der Waals surface area contributed by atoms with Crippen molar-refractivity contribution >= 4 is 33.9 Å². The zero-order chi connectivity index (χ0) is 5.28. The van der Waals surface area contributed by atoms with Gasteiger partial charge in [-0.15, -0.1) is 0 Å². The minimum atomic E-state index is -0.107. The molecule has 0 spiro atoms. The molecule has 0 atom stereocenters. The molecule has 7 heavy (non-hydrogen) atoms. The molecule has 0 saturated heterocycles. The van der Waals surface area contributed by atoms with E-state index in [0.29, 0.717) is 0 Å². The average molecular weight is 228 g/mol. The Morgan fingerprint density at radius 3 is 2.43 bits per heavy atom. The van der Waals surface area contributed by atoms with E-state index < -0.39 is 0 Å². The largest absolute Gasteiger partial charge is 0.195 e. The van der Waals surface area contributed by atoms with E-state index in [1.54, 1.807) is 6.07 Å². The van der Waals surface area contributed by atoms with Crippen molar-refractivity contribution in [2.75, 3.05) is 0 Å². The monoisotopic (exact) mass is 228 g/mol. The molecule has 38 valence electrons. The van der Waals surface area contributed by atoms with Crippen molar-refractivity contribution in [1.82, 2.24) is 0 Å². The fourth-order valence-corrected chi connectivity index (χ4v) is 1.56. The fourth-order valence-electron chi connectivity index (χ4n) is 0.292. The summed E-state index contributed by atoms with van der Waals surface area (Å²) in [5.41, 5.74) is 0. The zero-order valence-corrected chi connectivity index (χ0v) is 6.29. The van der Waals surface area contributed by atoms with Gasteiger partial charge in [0.1, 0.15) is 0 Å². The van der Waals surface area contributed by atoms with Gasteiger partial charge in [-0.1, -0.05) is 11.3 Å². The van der Waals surface area contributed by atoms with Crippen LogP contribution in [0.1, 0.15) is 0 Å². The summed E-state index contributed by atoms with van der Waals surface area (Å²) in [6, 6.07) is 3.22. The Morgan fingerprint density at radius 1 is 1.57 bits per heavy atom. The van der Waals surface area contributed by atoms with E-state index in [1.165, 1.54) is 6.07 Å². The number of hydrogen-bond acceptors (Lipinski definition) is 1. The zero-order valence-electron chi connectivity index (χ0n) is 3.32. The third kappa shape index (κ3) is 1.38. The van der Waals surface area contributed by atoms with Gasteiger partial charge in [0.05, 0.1) is 2.88 Å². The SMILES string of the molecule is Fc1ccc(I)s1. The van der Waals surface area contributed by atoms with Crippen LogP contribution in [0, 0.1) is 8.01 Å². The summed E-state index contributed by atoms with van der Waals surface area (Å²) in [7, 11) is 0. The molecule has 1 aromatic rings. The smallest absolute Gasteiger partial charge is 0.177 e. The van der Waals surface area contributed by atoms with Gasteiger partial charge in [-0.25, -0.2) is 0 Å². The summed E-state index contributed by atoms with van der Waals surface area (Å²) in [4.78, 5) is 0. The molecule has 0 bridgehead atoms. The molecule has 0 amide bonds. The summed E-state index contributed by atoms with van der Waals surface area (Å²) in [5, 5.41) is -0.107. The van der Waals surface area contributed by atoms with Crippen LogP contribution in [0.15, 0.2) is 12.1 Å². The van der Waals surface area contributed by atoms with Gasteiger partial charge in [-0.3, -0.25) is 0 Å². The van der Waals surface area contributed by atoms with Crippen molar-refractivity contribution in [3.63, 3.8) is 0 Å². The first kappa shape index (κ1) is 5.50. The Labute approximate surface area is 58.5 Å². The lowest BCUT2D eigenvalue weighted by atomic mass is 10.7. The van der Waals surface area contributed by atoms with E-state index >= 15 is 0 Å². The van der Waals surface area contributed by atoms with Crippen molar-refractivity contribution in [1.29, 1.82) is 0 Å². The van der Waals surface area contributed by atoms with Crippen LogP contribution in [0.2, 0.25) is 0 Å². The van der Waals surface area contributed by atoms with Gasteiger partial charge in [-0.05, 0) is 34.7 Å². The quantitative estimate of drug-likeness (QED) is 0.598. The number of hydrogen-bond donors (Lipinski definition) is 0. The lowest BCUT2D eigenvalue weighted by Crippen LogP contribution is -1.44. The highest BCUT2D eigenvalue weighted by Gasteiger charge is 1.90. The van der Waals surface area contributed by atoms with Crippen molar-refractivity contribution in [3.05, 3.63) is 20.1 Å². The number of thiophene rings is 1. The molecule has 1 rings (SSSR count). The summed E-state index contributed by atoms with van der Waals surface area (Å²) in [6.07, 6.45) is 0. The molecular weight excluding hydrogens is 226 g/mol. The minimum Gasteiger partial charge on any atom is -0.195 e. The summed E-state index contributed by atoms with van der Waals surface area (Å²) in [5.74, 6) is 0. The molecule has 0 aliphatic rings. The van der Waals surface area contributed by atoms with E-state index in [9.17, 15) is 4.39 Å². The lowest BCUT2D eigenvalue weighted by molar-refractivity contribution is 0.657. The Balaban J connectivity index is 3.04. The van der Waals surface area contributed by atoms with Crippen LogP contribution >= 0.6 is 33.9 Å². The summed E-state index contributed by atoms with van der Waals surface area (Å²) in [6.45, 7) is 0. The Hall–Kier alpha value is 0.360. The third-order valence-corrected chi connectivity index (χ3v) is 2.22. The maximum absolute atomic E-state index is 11.9. The van der Waals surface area contributed by atoms with Crippen LogP contribution in [0.3, 0.4) is 0 Å². The molecular formula is C4H2FIS. The number of rotatable bonds is 0. The molecule has 0 unspecified atom stereocenters. The maximum atomic E-state index is 11.9. The minimum absolute atomic E-state index is 0.107. The fraction of sp³-hybridized carbons (Fsp3) is 0. The van der Waals surface area contributed by atoms with Gasteiger partial charge in [0, 0.05) is 0 Å². The predicted molar refractivity (Wildman–Crippen MR) is 37.0 cm³/mol. The predicted octanol–water partition coefficient (Wildman–Crippen LogP) is 2.49. The Bertz CT molecular complexity index is 144. The van der Waals surface area contributed by atoms with Crippen molar-refractivity contribution in [2.24, 2.45) is 0 Å². The first-order valence-electron chi connectivity index (χ1n) is 1.70. The molecule has 0 saturated carbocycles. The van der Waals surface area contributed by atoms with Gasteiger partial charge in [0.25, 0.3) is 0 Å². The van der Waals surface area contributed by atoms with E-state index in [0.717, 1.165) is 14.2 Å².